The van der Waals surface area contributed by atoms with Gasteiger partial charge in [-0.3, -0.25) is 9.69 Å². The highest BCUT2D eigenvalue weighted by atomic mass is 16.5. The standard InChI is InChI=1S/C13H17NO3/c1-17-9-14-8-11-5-3-2-4-10(11)6-12(14)7-13(15)16/h2-5,12H,6-9H2,1H3,(H,15,16)/t12-/m1/s1. The van der Waals surface area contributed by atoms with Crippen LogP contribution in [-0.4, -0.2) is 35.9 Å². The molecule has 0 radical (unpaired) electrons. The highest BCUT2D eigenvalue weighted by molar-refractivity contribution is 5.67. The lowest BCUT2D eigenvalue weighted by Crippen LogP contribution is -2.42. The van der Waals surface area contributed by atoms with Crippen molar-refractivity contribution in [1.82, 2.24) is 4.90 Å². The fourth-order valence-corrected chi connectivity index (χ4v) is 2.36. The van der Waals surface area contributed by atoms with Gasteiger partial charge in [-0.1, -0.05) is 24.3 Å². The Hall–Kier alpha value is -1.39. The average Bonchev–Trinajstić information content (AvgIpc) is 2.29. The number of fused-ring (bicyclic) bond motifs is 1. The van der Waals surface area contributed by atoms with Gasteiger partial charge in [0.1, 0.15) is 0 Å². The van der Waals surface area contributed by atoms with E-state index in [4.69, 9.17) is 9.84 Å². The molecule has 0 saturated carbocycles. The van der Waals surface area contributed by atoms with Crippen LogP contribution < -0.4 is 0 Å². The van der Waals surface area contributed by atoms with Crippen LogP contribution in [0.25, 0.3) is 0 Å². The van der Waals surface area contributed by atoms with Gasteiger partial charge in [0, 0.05) is 19.7 Å². The van der Waals surface area contributed by atoms with Crippen LogP contribution in [-0.2, 0) is 22.5 Å². The van der Waals surface area contributed by atoms with E-state index in [0.29, 0.717) is 6.73 Å². The van der Waals surface area contributed by atoms with Crippen molar-refractivity contribution in [3.63, 3.8) is 0 Å². The molecule has 1 aliphatic heterocycles. The second-order valence-electron chi connectivity index (χ2n) is 4.39. The van der Waals surface area contributed by atoms with E-state index >= 15 is 0 Å². The number of carboxylic acid groups (broad SMARTS) is 1. The maximum atomic E-state index is 10.9. The number of benzene rings is 1. The lowest BCUT2D eigenvalue weighted by Gasteiger charge is -2.35. The molecule has 4 heteroatoms. The van der Waals surface area contributed by atoms with Crippen LogP contribution >= 0.6 is 0 Å². The Bertz CT molecular complexity index is 405. The summed E-state index contributed by atoms with van der Waals surface area (Å²) in [5.41, 5.74) is 2.53. The van der Waals surface area contributed by atoms with Crippen LogP contribution in [0.1, 0.15) is 17.5 Å². The Morgan fingerprint density at radius 1 is 1.47 bits per heavy atom. The fraction of sp³-hybridized carbons (Fsp3) is 0.462. The smallest absolute Gasteiger partial charge is 0.304 e. The van der Waals surface area contributed by atoms with E-state index in [1.54, 1.807) is 7.11 Å². The Labute approximate surface area is 101 Å². The number of methoxy groups -OCH3 is 1. The van der Waals surface area contributed by atoms with E-state index in [0.717, 1.165) is 13.0 Å². The molecular weight excluding hydrogens is 218 g/mol. The second-order valence-corrected chi connectivity index (χ2v) is 4.39. The Morgan fingerprint density at radius 3 is 2.82 bits per heavy atom. The predicted octanol–water partition coefficient (Wildman–Crippen LogP) is 1.49. The molecule has 92 valence electrons. The molecule has 0 bridgehead atoms. The first-order valence-corrected chi connectivity index (χ1v) is 5.72. The lowest BCUT2D eigenvalue weighted by atomic mass is 9.93. The molecule has 0 saturated heterocycles. The first-order chi connectivity index (χ1) is 8.20. The molecule has 0 fully saturated rings. The largest absolute Gasteiger partial charge is 0.481 e. The van der Waals surface area contributed by atoms with Crippen molar-refractivity contribution in [2.24, 2.45) is 0 Å². The highest BCUT2D eigenvalue weighted by Gasteiger charge is 2.27. The Balaban J connectivity index is 2.18. The van der Waals surface area contributed by atoms with E-state index in [9.17, 15) is 4.79 Å². The molecule has 17 heavy (non-hydrogen) atoms. The van der Waals surface area contributed by atoms with E-state index in [1.807, 2.05) is 12.1 Å². The van der Waals surface area contributed by atoms with Gasteiger partial charge < -0.3 is 9.84 Å². The van der Waals surface area contributed by atoms with Crippen LogP contribution in [0.15, 0.2) is 24.3 Å². The normalized spacial score (nSPS) is 19.9. The Kier molecular flexibility index (Phi) is 3.76. The summed E-state index contributed by atoms with van der Waals surface area (Å²) in [5, 5.41) is 8.93. The zero-order valence-electron chi connectivity index (χ0n) is 9.93. The van der Waals surface area contributed by atoms with Gasteiger partial charge >= 0.3 is 5.97 Å². The van der Waals surface area contributed by atoms with Gasteiger partial charge in [0.25, 0.3) is 0 Å². The third-order valence-electron chi connectivity index (χ3n) is 3.17. The quantitative estimate of drug-likeness (QED) is 0.859. The van der Waals surface area contributed by atoms with Crippen LogP contribution in [0, 0.1) is 0 Å². The van der Waals surface area contributed by atoms with E-state index < -0.39 is 5.97 Å². The third-order valence-corrected chi connectivity index (χ3v) is 3.17. The van der Waals surface area contributed by atoms with Gasteiger partial charge in [-0.25, -0.2) is 0 Å². The van der Waals surface area contributed by atoms with Crippen molar-refractivity contribution in [1.29, 1.82) is 0 Å². The van der Waals surface area contributed by atoms with Crippen molar-refractivity contribution in [3.05, 3.63) is 35.4 Å². The zero-order chi connectivity index (χ0) is 12.3. The molecule has 1 aromatic rings. The fourth-order valence-electron chi connectivity index (χ4n) is 2.36. The molecule has 0 amide bonds. The number of rotatable bonds is 4. The van der Waals surface area contributed by atoms with E-state index in [2.05, 4.69) is 17.0 Å². The number of ether oxygens (including phenoxy) is 1. The molecule has 1 atom stereocenters. The van der Waals surface area contributed by atoms with Crippen molar-refractivity contribution < 1.29 is 14.6 Å². The number of carboxylic acids is 1. The predicted molar refractivity (Wildman–Crippen MR) is 63.6 cm³/mol. The molecule has 0 unspecified atom stereocenters. The zero-order valence-corrected chi connectivity index (χ0v) is 9.93. The van der Waals surface area contributed by atoms with Gasteiger partial charge in [-0.05, 0) is 17.5 Å². The molecule has 0 aromatic heterocycles. The summed E-state index contributed by atoms with van der Waals surface area (Å²) < 4.78 is 5.14. The second kappa shape index (κ2) is 5.29. The van der Waals surface area contributed by atoms with Crippen LogP contribution in [0.5, 0.6) is 0 Å². The van der Waals surface area contributed by atoms with Gasteiger partial charge in [0.15, 0.2) is 0 Å². The molecular formula is C13H17NO3. The summed E-state index contributed by atoms with van der Waals surface area (Å²) in [7, 11) is 1.64. The minimum Gasteiger partial charge on any atom is -0.481 e. The highest BCUT2D eigenvalue weighted by Crippen LogP contribution is 2.24. The van der Waals surface area contributed by atoms with Crippen molar-refractivity contribution in [2.45, 2.75) is 25.4 Å². The van der Waals surface area contributed by atoms with Crippen molar-refractivity contribution in [2.75, 3.05) is 13.8 Å². The minimum absolute atomic E-state index is 0.0300. The topological polar surface area (TPSA) is 49.8 Å². The summed E-state index contributed by atoms with van der Waals surface area (Å²) in [5.74, 6) is -0.754. The SMILES string of the molecule is COCN1Cc2ccccc2C[C@@H]1CC(=O)O. The van der Waals surface area contributed by atoms with E-state index in [1.165, 1.54) is 11.1 Å². The summed E-state index contributed by atoms with van der Waals surface area (Å²) in [6, 6.07) is 8.22. The maximum absolute atomic E-state index is 10.9. The molecule has 0 spiro atoms. The molecule has 2 rings (SSSR count). The first kappa shape index (κ1) is 12.1. The molecule has 4 nitrogen and oxygen atoms in total. The number of hydrogen-bond acceptors (Lipinski definition) is 3. The number of nitrogens with zero attached hydrogens (tertiary/aromatic N) is 1. The van der Waals surface area contributed by atoms with Gasteiger partial charge in [-0.15, -0.1) is 0 Å². The van der Waals surface area contributed by atoms with Crippen LogP contribution in [0.3, 0.4) is 0 Å². The van der Waals surface area contributed by atoms with Gasteiger partial charge in [-0.2, -0.15) is 0 Å². The third kappa shape index (κ3) is 2.84. The lowest BCUT2D eigenvalue weighted by molar-refractivity contribution is -0.139. The van der Waals surface area contributed by atoms with Crippen molar-refractivity contribution >= 4 is 5.97 Å². The minimum atomic E-state index is -0.754. The summed E-state index contributed by atoms with van der Waals surface area (Å²) in [4.78, 5) is 12.9. The number of aliphatic carboxylic acids is 1. The Morgan fingerprint density at radius 2 is 2.18 bits per heavy atom. The first-order valence-electron chi connectivity index (χ1n) is 5.72. The summed E-state index contributed by atoms with van der Waals surface area (Å²) in [6.07, 6.45) is 0.948. The summed E-state index contributed by atoms with van der Waals surface area (Å²) in [6.45, 7) is 1.24. The van der Waals surface area contributed by atoms with Crippen LogP contribution in [0.2, 0.25) is 0 Å². The van der Waals surface area contributed by atoms with Crippen LogP contribution in [0.4, 0.5) is 0 Å². The average molecular weight is 235 g/mol. The van der Waals surface area contributed by atoms with E-state index in [-0.39, 0.29) is 12.5 Å². The van der Waals surface area contributed by atoms with Crippen molar-refractivity contribution in [3.8, 4) is 0 Å². The summed E-state index contributed by atoms with van der Waals surface area (Å²) >= 11 is 0. The van der Waals surface area contributed by atoms with Gasteiger partial charge in [0.05, 0.1) is 13.2 Å². The number of carbonyl (C=O) groups is 1. The molecule has 1 aliphatic rings. The molecule has 0 aliphatic carbocycles. The molecule has 1 N–H and O–H groups in total. The molecule has 1 heterocycles. The van der Waals surface area contributed by atoms with Gasteiger partial charge in [0.2, 0.25) is 0 Å². The maximum Gasteiger partial charge on any atom is 0.304 e. The monoisotopic (exact) mass is 235 g/mol. The number of hydrogen-bond donors (Lipinski definition) is 1. The molecule has 1 aromatic carbocycles.